The molecule has 0 aromatic carbocycles. The van der Waals surface area contributed by atoms with Gasteiger partial charge in [-0.15, -0.1) is 0 Å². The monoisotopic (exact) mass is 590 g/mol. The van der Waals surface area contributed by atoms with Crippen LogP contribution in [0.2, 0.25) is 0 Å². The maximum Gasteiger partial charge on any atom is 1.00 e. The van der Waals surface area contributed by atoms with E-state index in [2.05, 4.69) is 23.3 Å². The summed E-state index contributed by atoms with van der Waals surface area (Å²) in [5.41, 5.74) is 0. The van der Waals surface area contributed by atoms with E-state index in [1.54, 1.807) is 0 Å². The second-order valence-corrected chi connectivity index (χ2v) is 11.7. The van der Waals surface area contributed by atoms with Crippen molar-refractivity contribution in [1.82, 2.24) is 0 Å². The van der Waals surface area contributed by atoms with E-state index in [0.29, 0.717) is 0 Å². The fourth-order valence-corrected chi connectivity index (χ4v) is 5.12. The van der Waals surface area contributed by atoms with E-state index < -0.39 is 16.4 Å². The minimum Gasteiger partial charge on any atom is -0.726 e. The van der Waals surface area contributed by atoms with Gasteiger partial charge < -0.3 is 14.5 Å². The maximum atomic E-state index is 10.9. The fraction of sp³-hybridized carbons (Fsp3) is 0.900. The quantitative estimate of drug-likeness (QED) is 0.0432. The summed E-state index contributed by atoms with van der Waals surface area (Å²) >= 11 is 0. The number of carboxylic acids is 1. The van der Waals surface area contributed by atoms with E-state index in [0.717, 1.165) is 70.6 Å². The first-order valence-electron chi connectivity index (χ1n) is 15.3. The Labute approximate surface area is 285 Å². The van der Waals surface area contributed by atoms with Gasteiger partial charge in [-0.25, -0.2) is 8.42 Å². The number of carbonyl (C=O) groups excluding carboxylic acids is 1. The van der Waals surface area contributed by atoms with Crippen molar-refractivity contribution in [3.05, 3.63) is 12.2 Å². The summed E-state index contributed by atoms with van der Waals surface area (Å²) in [6.07, 6.45) is 31.1. The molecule has 0 bridgehead atoms. The van der Waals surface area contributed by atoms with Crippen LogP contribution in [-0.2, 0) is 19.4 Å². The van der Waals surface area contributed by atoms with Gasteiger partial charge in [0.1, 0.15) is 0 Å². The number of hydrogen-bond donors (Lipinski definition) is 0. The van der Waals surface area contributed by atoms with Crippen LogP contribution in [0.1, 0.15) is 161 Å². The predicted octanol–water partition coefficient (Wildman–Crippen LogP) is 1.78. The molecule has 0 aromatic rings. The predicted molar refractivity (Wildman–Crippen MR) is 150 cm³/mol. The van der Waals surface area contributed by atoms with Crippen LogP contribution < -0.4 is 64.2 Å². The Balaban J connectivity index is -0.00000648. The van der Waals surface area contributed by atoms with Crippen molar-refractivity contribution in [2.75, 3.05) is 6.61 Å². The molecule has 0 aliphatic heterocycles. The van der Waals surface area contributed by atoms with Crippen molar-refractivity contribution < 1.29 is 86.2 Å². The van der Waals surface area contributed by atoms with Crippen LogP contribution in [-0.4, -0.2) is 25.5 Å². The molecule has 0 aliphatic rings. The Hall–Kier alpha value is 1.08. The van der Waals surface area contributed by atoms with Crippen molar-refractivity contribution in [3.8, 4) is 0 Å². The van der Waals surface area contributed by atoms with Crippen LogP contribution in [0.15, 0.2) is 12.2 Å². The first-order chi connectivity index (χ1) is 17.8. The molecule has 0 fully saturated rings. The van der Waals surface area contributed by atoms with Crippen LogP contribution in [0, 0.1) is 5.92 Å². The molecule has 0 aromatic heterocycles. The smallest absolute Gasteiger partial charge is 0.726 e. The molecular weight excluding hydrogens is 534 g/mol. The maximum absolute atomic E-state index is 10.9. The zero-order valence-corrected chi connectivity index (χ0v) is 30.6. The molecule has 0 radical (unpaired) electrons. The van der Waals surface area contributed by atoms with E-state index in [1.165, 1.54) is 77.0 Å². The third-order valence-electron chi connectivity index (χ3n) is 7.07. The summed E-state index contributed by atoms with van der Waals surface area (Å²) in [6, 6.07) is 0. The molecule has 0 N–H and O–H groups in total. The van der Waals surface area contributed by atoms with Crippen LogP contribution >= 0.6 is 0 Å². The summed E-state index contributed by atoms with van der Waals surface area (Å²) < 4.78 is 37.2. The molecule has 0 spiro atoms. The zero-order chi connectivity index (χ0) is 27.5. The minimum atomic E-state index is -4.61. The standard InChI is InChI=1S/C30H58O6S.2Na/c1-2-3-4-5-6-16-19-22-25-29(28-36-37(33,34)35)26-23-20-17-14-12-10-8-7-9-11-13-15-18-21-24-27-30(31)32;;/h7,9,29H,2-6,8,10-28H2,1H3,(H,31,32)(H,33,34,35);;/q;2*+1/p-2/b9-7-;;. The van der Waals surface area contributed by atoms with E-state index in [1.807, 2.05) is 0 Å². The van der Waals surface area contributed by atoms with Gasteiger partial charge >= 0.3 is 59.1 Å². The Kier molecular flexibility index (Phi) is 38.3. The number of hydrogen-bond acceptors (Lipinski definition) is 6. The van der Waals surface area contributed by atoms with Crippen molar-refractivity contribution in [2.45, 2.75) is 161 Å². The molecule has 0 rings (SSSR count). The van der Waals surface area contributed by atoms with E-state index in [4.69, 9.17) is 0 Å². The van der Waals surface area contributed by atoms with Crippen LogP contribution in [0.5, 0.6) is 0 Å². The average molecular weight is 591 g/mol. The van der Waals surface area contributed by atoms with Gasteiger partial charge in [0.25, 0.3) is 0 Å². The molecule has 0 heterocycles. The van der Waals surface area contributed by atoms with Gasteiger partial charge in [-0.3, -0.25) is 4.18 Å². The molecule has 0 aliphatic carbocycles. The van der Waals surface area contributed by atoms with Gasteiger partial charge in [-0.1, -0.05) is 122 Å². The topological polar surface area (TPSA) is 107 Å². The van der Waals surface area contributed by atoms with E-state index >= 15 is 0 Å². The molecule has 0 amide bonds. The fourth-order valence-electron chi connectivity index (χ4n) is 4.76. The van der Waals surface area contributed by atoms with Gasteiger partial charge in [0.15, 0.2) is 0 Å². The number of carboxylic acid groups (broad SMARTS) is 1. The second kappa shape index (κ2) is 33.6. The molecular formula is C30H56Na2O6S. The summed E-state index contributed by atoms with van der Waals surface area (Å²) in [7, 11) is -4.61. The average Bonchev–Trinajstić information content (AvgIpc) is 2.84. The van der Waals surface area contributed by atoms with Gasteiger partial charge in [0.05, 0.1) is 6.61 Å². The van der Waals surface area contributed by atoms with Crippen molar-refractivity contribution in [3.63, 3.8) is 0 Å². The summed E-state index contributed by atoms with van der Waals surface area (Å²) in [6.45, 7) is 2.27. The molecule has 1 unspecified atom stereocenters. The van der Waals surface area contributed by atoms with Crippen molar-refractivity contribution in [2.24, 2.45) is 5.92 Å². The zero-order valence-electron chi connectivity index (χ0n) is 25.8. The number of aliphatic carboxylic acids is 1. The second-order valence-electron chi connectivity index (χ2n) is 10.7. The molecule has 0 saturated heterocycles. The third-order valence-corrected chi connectivity index (χ3v) is 7.49. The van der Waals surface area contributed by atoms with Crippen molar-refractivity contribution in [1.29, 1.82) is 0 Å². The minimum absolute atomic E-state index is 0. The third kappa shape index (κ3) is 39.1. The molecule has 39 heavy (non-hydrogen) atoms. The van der Waals surface area contributed by atoms with E-state index in [9.17, 15) is 22.9 Å². The SMILES string of the molecule is CCCCCCCCCCC(CCCCCCCC/C=C\CCCCCCCC(=O)[O-])COS(=O)(=O)[O-].[Na+].[Na+]. The largest absolute Gasteiger partial charge is 1.00 e. The Morgan fingerprint density at radius 3 is 1.46 bits per heavy atom. The summed E-state index contributed by atoms with van der Waals surface area (Å²) in [4.78, 5) is 10.3. The van der Waals surface area contributed by atoms with Crippen molar-refractivity contribution >= 4 is 16.4 Å². The Morgan fingerprint density at radius 2 is 1.05 bits per heavy atom. The number of unbranched alkanes of at least 4 members (excludes halogenated alkanes) is 18. The molecule has 1 atom stereocenters. The summed E-state index contributed by atoms with van der Waals surface area (Å²) in [5.74, 6) is -0.779. The van der Waals surface area contributed by atoms with E-state index in [-0.39, 0.29) is 78.1 Å². The van der Waals surface area contributed by atoms with Crippen LogP contribution in [0.3, 0.4) is 0 Å². The van der Waals surface area contributed by atoms with Gasteiger partial charge in [-0.05, 0) is 57.3 Å². The number of rotatable bonds is 29. The number of allylic oxidation sites excluding steroid dienone is 2. The molecule has 0 saturated carbocycles. The normalized spacial score (nSPS) is 12.3. The van der Waals surface area contributed by atoms with Gasteiger partial charge in [-0.2, -0.15) is 0 Å². The Bertz CT molecular complexity index is 643. The first-order valence-corrected chi connectivity index (χ1v) is 16.6. The Morgan fingerprint density at radius 1 is 0.667 bits per heavy atom. The number of carbonyl (C=O) groups is 1. The van der Waals surface area contributed by atoms with Crippen LogP contribution in [0.4, 0.5) is 0 Å². The summed E-state index contributed by atoms with van der Waals surface area (Å²) in [5, 5.41) is 10.3. The molecule has 9 heteroatoms. The van der Waals surface area contributed by atoms with Gasteiger partial charge in [0, 0.05) is 5.97 Å². The first kappa shape index (κ1) is 44.5. The van der Waals surface area contributed by atoms with Crippen LogP contribution in [0.25, 0.3) is 0 Å². The molecule has 220 valence electrons. The van der Waals surface area contributed by atoms with Gasteiger partial charge in [0.2, 0.25) is 10.4 Å². The molecule has 6 nitrogen and oxygen atoms in total.